The highest BCUT2D eigenvalue weighted by Crippen LogP contribution is 2.37. The first kappa shape index (κ1) is 18.0. The molecule has 2 atom stereocenters. The van der Waals surface area contributed by atoms with E-state index in [4.69, 9.17) is 4.74 Å². The maximum Gasteiger partial charge on any atom is 0.326 e. The molecule has 8 heteroatoms. The number of hydrogen-bond acceptors (Lipinski definition) is 5. The number of nitrogens with one attached hydrogen (secondary N) is 1. The molecule has 3 rings (SSSR count). The summed E-state index contributed by atoms with van der Waals surface area (Å²) in [5, 5.41) is 2.39. The van der Waals surface area contributed by atoms with Crippen LogP contribution in [0.5, 0.6) is 0 Å². The summed E-state index contributed by atoms with van der Waals surface area (Å²) in [6, 6.07) is 5.29. The Bertz CT molecular complexity index is 727. The van der Waals surface area contributed by atoms with Crippen molar-refractivity contribution in [3.63, 3.8) is 0 Å². The van der Waals surface area contributed by atoms with Crippen LogP contribution in [0.3, 0.4) is 0 Å². The van der Waals surface area contributed by atoms with Crippen molar-refractivity contribution in [2.45, 2.75) is 25.7 Å². The molecule has 138 valence electrons. The van der Waals surface area contributed by atoms with Gasteiger partial charge in [0.2, 0.25) is 11.8 Å². The number of halogens is 1. The number of carbonyl (C=O) groups excluding carboxylic acids is 4. The number of rotatable bonds is 5. The van der Waals surface area contributed by atoms with Gasteiger partial charge in [0.25, 0.3) is 5.91 Å². The largest absolute Gasteiger partial charge is 0.454 e. The zero-order valence-corrected chi connectivity index (χ0v) is 14.1. The van der Waals surface area contributed by atoms with E-state index in [1.807, 2.05) is 0 Å². The lowest BCUT2D eigenvalue weighted by molar-refractivity contribution is -0.154. The normalized spacial score (nSPS) is 22.1. The van der Waals surface area contributed by atoms with Gasteiger partial charge >= 0.3 is 5.97 Å². The number of hydrogen-bond donors (Lipinski definition) is 1. The Balaban J connectivity index is 1.49. The molecule has 2 aliphatic rings. The molecule has 1 heterocycles. The molecule has 0 radical (unpaired) electrons. The number of amides is 3. The second-order valence-corrected chi connectivity index (χ2v) is 6.48. The average molecular weight is 362 g/mol. The minimum atomic E-state index is -0.834. The topological polar surface area (TPSA) is 92.8 Å². The lowest BCUT2D eigenvalue weighted by Crippen LogP contribution is -2.37. The smallest absolute Gasteiger partial charge is 0.326 e. The molecule has 2 unspecified atom stereocenters. The summed E-state index contributed by atoms with van der Waals surface area (Å²) in [7, 11) is 0. The SMILES string of the molecule is O=C(COC(=O)CN1C(=O)C2CCCCC2C1=O)Nc1cccc(F)c1. The standard InChI is InChI=1S/C18H19FN2O5/c19-11-4-3-5-12(8-11)20-15(22)10-26-16(23)9-21-17(24)13-6-1-2-7-14(13)18(21)25/h3-5,8,13-14H,1-2,6-7,9-10H2,(H,20,22). The maximum absolute atomic E-state index is 13.1. The number of nitrogens with zero attached hydrogens (tertiary/aromatic N) is 1. The Kier molecular flexibility index (Phi) is 5.29. The summed E-state index contributed by atoms with van der Waals surface area (Å²) in [6.07, 6.45) is 3.13. The van der Waals surface area contributed by atoms with Crippen LogP contribution in [0.2, 0.25) is 0 Å². The van der Waals surface area contributed by atoms with Crippen molar-refractivity contribution in [2.75, 3.05) is 18.5 Å². The molecular formula is C18H19FN2O5. The van der Waals surface area contributed by atoms with Gasteiger partial charge in [0.05, 0.1) is 11.8 Å². The van der Waals surface area contributed by atoms with E-state index in [-0.39, 0.29) is 29.3 Å². The van der Waals surface area contributed by atoms with E-state index >= 15 is 0 Å². The van der Waals surface area contributed by atoms with Crippen LogP contribution in [0.1, 0.15) is 25.7 Å². The summed E-state index contributed by atoms with van der Waals surface area (Å²) in [4.78, 5) is 49.1. The van der Waals surface area contributed by atoms with Crippen LogP contribution in [0.4, 0.5) is 10.1 Å². The summed E-state index contributed by atoms with van der Waals surface area (Å²) in [5.74, 6) is -3.31. The third-order valence-corrected chi connectivity index (χ3v) is 4.69. The van der Waals surface area contributed by atoms with Gasteiger partial charge in [0, 0.05) is 5.69 Å². The van der Waals surface area contributed by atoms with E-state index in [1.165, 1.54) is 18.2 Å². The van der Waals surface area contributed by atoms with Gasteiger partial charge in [-0.3, -0.25) is 24.1 Å². The monoisotopic (exact) mass is 362 g/mol. The molecule has 1 saturated heterocycles. The first-order chi connectivity index (χ1) is 12.5. The van der Waals surface area contributed by atoms with Crippen molar-refractivity contribution in [3.8, 4) is 0 Å². The van der Waals surface area contributed by atoms with Gasteiger partial charge in [0.15, 0.2) is 6.61 Å². The minimum Gasteiger partial charge on any atom is -0.454 e. The van der Waals surface area contributed by atoms with E-state index in [0.717, 1.165) is 23.8 Å². The third-order valence-electron chi connectivity index (χ3n) is 4.69. The van der Waals surface area contributed by atoms with Crippen LogP contribution >= 0.6 is 0 Å². The molecule has 3 amide bonds. The number of fused-ring (bicyclic) bond motifs is 1. The molecule has 0 aromatic heterocycles. The highest BCUT2D eigenvalue weighted by Gasteiger charge is 2.48. The summed E-state index contributed by atoms with van der Waals surface area (Å²) >= 11 is 0. The Morgan fingerprint density at radius 3 is 2.42 bits per heavy atom. The van der Waals surface area contributed by atoms with E-state index in [9.17, 15) is 23.6 Å². The summed E-state index contributed by atoms with van der Waals surface area (Å²) in [5.41, 5.74) is 0.236. The van der Waals surface area contributed by atoms with Crippen LogP contribution in [-0.4, -0.2) is 41.7 Å². The highest BCUT2D eigenvalue weighted by atomic mass is 19.1. The van der Waals surface area contributed by atoms with E-state index in [0.29, 0.717) is 12.8 Å². The van der Waals surface area contributed by atoms with Crippen LogP contribution in [-0.2, 0) is 23.9 Å². The van der Waals surface area contributed by atoms with E-state index in [2.05, 4.69) is 5.32 Å². The van der Waals surface area contributed by atoms with Crippen LogP contribution in [0.15, 0.2) is 24.3 Å². The average Bonchev–Trinajstić information content (AvgIpc) is 2.85. The van der Waals surface area contributed by atoms with Gasteiger partial charge in [-0.1, -0.05) is 18.9 Å². The van der Waals surface area contributed by atoms with Crippen molar-refractivity contribution >= 4 is 29.4 Å². The lowest BCUT2D eigenvalue weighted by Gasteiger charge is -2.19. The number of likely N-dealkylation sites (tertiary alicyclic amines) is 1. The third kappa shape index (κ3) is 3.89. The first-order valence-corrected chi connectivity index (χ1v) is 8.52. The molecule has 0 bridgehead atoms. The zero-order chi connectivity index (χ0) is 18.7. The van der Waals surface area contributed by atoms with Gasteiger partial charge in [0.1, 0.15) is 12.4 Å². The number of ether oxygens (including phenoxy) is 1. The van der Waals surface area contributed by atoms with Crippen LogP contribution in [0, 0.1) is 17.7 Å². The molecule has 1 N–H and O–H groups in total. The molecular weight excluding hydrogens is 343 g/mol. The molecule has 1 aliphatic carbocycles. The molecule has 0 spiro atoms. The number of benzene rings is 1. The fourth-order valence-electron chi connectivity index (χ4n) is 3.47. The molecule has 1 aromatic rings. The van der Waals surface area contributed by atoms with Crippen molar-refractivity contribution in [3.05, 3.63) is 30.1 Å². The van der Waals surface area contributed by atoms with E-state index in [1.54, 1.807) is 0 Å². The Morgan fingerprint density at radius 2 is 1.81 bits per heavy atom. The predicted octanol–water partition coefficient (Wildman–Crippen LogP) is 1.48. The number of carbonyl (C=O) groups is 4. The Hall–Kier alpha value is -2.77. The highest BCUT2D eigenvalue weighted by molar-refractivity contribution is 6.07. The molecule has 7 nitrogen and oxygen atoms in total. The first-order valence-electron chi connectivity index (χ1n) is 8.52. The second kappa shape index (κ2) is 7.63. The van der Waals surface area contributed by atoms with Gasteiger partial charge in [-0.25, -0.2) is 4.39 Å². The van der Waals surface area contributed by atoms with E-state index < -0.39 is 30.8 Å². The Labute approximate surface area is 149 Å². The predicted molar refractivity (Wildman–Crippen MR) is 88.2 cm³/mol. The lowest BCUT2D eigenvalue weighted by atomic mass is 9.81. The molecule has 1 saturated carbocycles. The zero-order valence-electron chi connectivity index (χ0n) is 14.1. The fourth-order valence-corrected chi connectivity index (χ4v) is 3.47. The number of esters is 1. The summed E-state index contributed by atoms with van der Waals surface area (Å²) in [6.45, 7) is -1.07. The number of imide groups is 1. The fraction of sp³-hybridized carbons (Fsp3) is 0.444. The summed E-state index contributed by atoms with van der Waals surface area (Å²) < 4.78 is 17.9. The van der Waals surface area contributed by atoms with Crippen molar-refractivity contribution in [1.29, 1.82) is 0 Å². The second-order valence-electron chi connectivity index (χ2n) is 6.48. The molecule has 26 heavy (non-hydrogen) atoms. The molecule has 2 fully saturated rings. The minimum absolute atomic E-state index is 0.236. The number of anilines is 1. The van der Waals surface area contributed by atoms with Crippen LogP contribution in [0.25, 0.3) is 0 Å². The molecule has 1 aliphatic heterocycles. The van der Waals surface area contributed by atoms with Gasteiger partial charge in [-0.05, 0) is 31.0 Å². The van der Waals surface area contributed by atoms with Gasteiger partial charge in [-0.2, -0.15) is 0 Å². The Morgan fingerprint density at radius 1 is 1.15 bits per heavy atom. The van der Waals surface area contributed by atoms with Gasteiger partial charge < -0.3 is 10.1 Å². The van der Waals surface area contributed by atoms with Crippen molar-refractivity contribution in [1.82, 2.24) is 4.90 Å². The maximum atomic E-state index is 13.1. The van der Waals surface area contributed by atoms with Crippen molar-refractivity contribution in [2.24, 2.45) is 11.8 Å². The van der Waals surface area contributed by atoms with Crippen LogP contribution < -0.4 is 5.32 Å². The van der Waals surface area contributed by atoms with Crippen molar-refractivity contribution < 1.29 is 28.3 Å². The molecule has 1 aromatic carbocycles. The van der Waals surface area contributed by atoms with Gasteiger partial charge in [-0.15, -0.1) is 0 Å². The quantitative estimate of drug-likeness (QED) is 0.633.